The van der Waals surface area contributed by atoms with E-state index in [0.29, 0.717) is 0 Å². The van der Waals surface area contributed by atoms with E-state index in [1.54, 1.807) is 0 Å². The molecule has 0 atom stereocenters. The molecule has 0 bridgehead atoms. The van der Waals surface area contributed by atoms with Crippen molar-refractivity contribution < 1.29 is 0 Å². The third-order valence-electron chi connectivity index (χ3n) is 2.06. The molecule has 2 heteroatoms. The zero-order valence-electron chi connectivity index (χ0n) is 6.67. The van der Waals surface area contributed by atoms with E-state index in [1.165, 1.54) is 11.3 Å². The summed E-state index contributed by atoms with van der Waals surface area (Å²) >= 11 is 0. The number of nitrogens with one attached hydrogen (secondary N) is 1. The van der Waals surface area contributed by atoms with Crippen molar-refractivity contribution >= 4 is 0 Å². The lowest BCUT2D eigenvalue weighted by atomic mass is 10.1. The van der Waals surface area contributed by atoms with Crippen molar-refractivity contribution in [3.05, 3.63) is 35.7 Å². The molecule has 2 heterocycles. The van der Waals surface area contributed by atoms with E-state index in [1.807, 2.05) is 0 Å². The molecule has 0 aliphatic carbocycles. The van der Waals surface area contributed by atoms with E-state index in [4.69, 9.17) is 0 Å². The standard InChI is InChI=1S/C9H12N2/c1-11-6-2-3-8-4-5-10-7-9(8)11/h2-4,7,10H,5-6H2,1H3. The van der Waals surface area contributed by atoms with Crippen LogP contribution in [0.25, 0.3) is 0 Å². The average Bonchev–Trinajstić information content (AvgIpc) is 2.06. The number of allylic oxidation sites excluding steroid dienone is 1. The third-order valence-corrected chi connectivity index (χ3v) is 2.06. The molecular weight excluding hydrogens is 136 g/mol. The third kappa shape index (κ3) is 1.04. The fourth-order valence-corrected chi connectivity index (χ4v) is 1.43. The number of dihydropyridines is 1. The molecule has 0 aromatic rings. The van der Waals surface area contributed by atoms with E-state index in [0.717, 1.165) is 13.1 Å². The normalized spacial score (nSPS) is 21.7. The summed E-state index contributed by atoms with van der Waals surface area (Å²) in [4.78, 5) is 2.23. The van der Waals surface area contributed by atoms with Gasteiger partial charge in [-0.3, -0.25) is 0 Å². The first-order chi connectivity index (χ1) is 5.38. The summed E-state index contributed by atoms with van der Waals surface area (Å²) in [6.45, 7) is 1.97. The van der Waals surface area contributed by atoms with Gasteiger partial charge in [0.15, 0.2) is 0 Å². The van der Waals surface area contributed by atoms with E-state index in [9.17, 15) is 0 Å². The molecular formula is C9H12N2. The van der Waals surface area contributed by atoms with Crippen LogP contribution in [0.5, 0.6) is 0 Å². The molecule has 2 nitrogen and oxygen atoms in total. The van der Waals surface area contributed by atoms with Crippen molar-refractivity contribution in [3.63, 3.8) is 0 Å². The van der Waals surface area contributed by atoms with Crippen LogP contribution in [-0.2, 0) is 0 Å². The van der Waals surface area contributed by atoms with Gasteiger partial charge in [0.2, 0.25) is 0 Å². The van der Waals surface area contributed by atoms with Crippen molar-refractivity contribution in [3.8, 4) is 0 Å². The Morgan fingerprint density at radius 2 is 2.45 bits per heavy atom. The van der Waals surface area contributed by atoms with Crippen LogP contribution in [0.2, 0.25) is 0 Å². The number of fused-ring (bicyclic) bond motifs is 1. The topological polar surface area (TPSA) is 15.3 Å². The molecule has 0 saturated carbocycles. The van der Waals surface area contributed by atoms with Gasteiger partial charge in [-0.25, -0.2) is 0 Å². The first-order valence-corrected chi connectivity index (χ1v) is 3.90. The summed E-state index contributed by atoms with van der Waals surface area (Å²) in [6.07, 6.45) is 8.67. The van der Waals surface area contributed by atoms with Gasteiger partial charge >= 0.3 is 0 Å². The minimum atomic E-state index is 0.955. The van der Waals surface area contributed by atoms with Crippen molar-refractivity contribution in [2.24, 2.45) is 0 Å². The van der Waals surface area contributed by atoms with Crippen LogP contribution in [0.15, 0.2) is 35.7 Å². The molecule has 2 aliphatic rings. The molecule has 0 radical (unpaired) electrons. The summed E-state index contributed by atoms with van der Waals surface area (Å²) in [5.74, 6) is 0. The van der Waals surface area contributed by atoms with E-state index in [2.05, 4.69) is 41.7 Å². The van der Waals surface area contributed by atoms with Crippen molar-refractivity contribution in [1.82, 2.24) is 10.2 Å². The maximum atomic E-state index is 3.20. The van der Waals surface area contributed by atoms with Crippen LogP contribution in [0.1, 0.15) is 0 Å². The molecule has 58 valence electrons. The number of rotatable bonds is 0. The zero-order valence-corrected chi connectivity index (χ0v) is 6.67. The maximum Gasteiger partial charge on any atom is 0.0597 e. The van der Waals surface area contributed by atoms with Gasteiger partial charge in [-0.05, 0) is 5.57 Å². The summed E-state index contributed by atoms with van der Waals surface area (Å²) < 4.78 is 0. The van der Waals surface area contributed by atoms with E-state index < -0.39 is 0 Å². The first-order valence-electron chi connectivity index (χ1n) is 3.90. The fourth-order valence-electron chi connectivity index (χ4n) is 1.43. The number of likely N-dealkylation sites (N-methyl/N-ethyl adjacent to an activating group) is 1. The van der Waals surface area contributed by atoms with Gasteiger partial charge in [0, 0.05) is 26.3 Å². The highest BCUT2D eigenvalue weighted by atomic mass is 15.1. The smallest absolute Gasteiger partial charge is 0.0597 e. The lowest BCUT2D eigenvalue weighted by Crippen LogP contribution is -2.27. The molecule has 0 saturated heterocycles. The highest BCUT2D eigenvalue weighted by Gasteiger charge is 2.12. The predicted octanol–water partition coefficient (Wildman–Crippen LogP) is 0.859. The Bertz CT molecular complexity index is 248. The number of nitrogens with zero attached hydrogens (tertiary/aromatic N) is 1. The van der Waals surface area contributed by atoms with Crippen LogP contribution < -0.4 is 5.32 Å². The Kier molecular flexibility index (Phi) is 1.46. The van der Waals surface area contributed by atoms with Crippen LogP contribution in [0, 0.1) is 0 Å². The van der Waals surface area contributed by atoms with Gasteiger partial charge in [0.05, 0.1) is 5.70 Å². The Balaban J connectivity index is 2.36. The molecule has 0 unspecified atom stereocenters. The Morgan fingerprint density at radius 3 is 3.27 bits per heavy atom. The van der Waals surface area contributed by atoms with E-state index >= 15 is 0 Å². The van der Waals surface area contributed by atoms with Gasteiger partial charge in [-0.1, -0.05) is 18.2 Å². The van der Waals surface area contributed by atoms with Crippen molar-refractivity contribution in [2.75, 3.05) is 20.1 Å². The van der Waals surface area contributed by atoms with Crippen LogP contribution >= 0.6 is 0 Å². The SMILES string of the molecule is CN1CC=CC2=CCNC=C21. The van der Waals surface area contributed by atoms with Gasteiger partial charge in [-0.15, -0.1) is 0 Å². The van der Waals surface area contributed by atoms with E-state index in [-0.39, 0.29) is 0 Å². The molecule has 0 fully saturated rings. The zero-order chi connectivity index (χ0) is 7.68. The minimum absolute atomic E-state index is 0.955. The van der Waals surface area contributed by atoms with Crippen LogP contribution in [0.4, 0.5) is 0 Å². The molecule has 2 aliphatic heterocycles. The second-order valence-corrected chi connectivity index (χ2v) is 2.88. The summed E-state index contributed by atoms with van der Waals surface area (Å²) in [6, 6.07) is 0. The second kappa shape index (κ2) is 2.46. The van der Waals surface area contributed by atoms with Crippen molar-refractivity contribution in [2.45, 2.75) is 0 Å². The number of hydrogen-bond acceptors (Lipinski definition) is 2. The molecule has 0 amide bonds. The molecule has 0 aromatic carbocycles. The van der Waals surface area contributed by atoms with Gasteiger partial charge in [-0.2, -0.15) is 0 Å². The molecule has 0 aromatic heterocycles. The Morgan fingerprint density at radius 1 is 1.55 bits per heavy atom. The Hall–Kier alpha value is -1.18. The average molecular weight is 148 g/mol. The van der Waals surface area contributed by atoms with Gasteiger partial charge in [0.25, 0.3) is 0 Å². The fraction of sp³-hybridized carbons (Fsp3) is 0.333. The molecule has 1 N–H and O–H groups in total. The first kappa shape index (κ1) is 6.53. The number of hydrogen-bond donors (Lipinski definition) is 1. The highest BCUT2D eigenvalue weighted by Crippen LogP contribution is 2.20. The maximum absolute atomic E-state index is 3.20. The van der Waals surface area contributed by atoms with Gasteiger partial charge < -0.3 is 10.2 Å². The largest absolute Gasteiger partial charge is 0.386 e. The summed E-state index contributed by atoms with van der Waals surface area (Å²) in [5.41, 5.74) is 2.65. The Labute approximate surface area is 66.9 Å². The minimum Gasteiger partial charge on any atom is -0.386 e. The van der Waals surface area contributed by atoms with Crippen LogP contribution in [0.3, 0.4) is 0 Å². The lowest BCUT2D eigenvalue weighted by molar-refractivity contribution is 0.460. The molecule has 0 spiro atoms. The second-order valence-electron chi connectivity index (χ2n) is 2.88. The highest BCUT2D eigenvalue weighted by molar-refractivity contribution is 5.43. The van der Waals surface area contributed by atoms with Crippen LogP contribution in [-0.4, -0.2) is 25.0 Å². The van der Waals surface area contributed by atoms with Gasteiger partial charge in [0.1, 0.15) is 0 Å². The lowest BCUT2D eigenvalue weighted by Gasteiger charge is -2.28. The monoisotopic (exact) mass is 148 g/mol. The predicted molar refractivity (Wildman–Crippen MR) is 45.9 cm³/mol. The summed E-state index contributed by atoms with van der Waals surface area (Å²) in [7, 11) is 2.11. The molecule has 11 heavy (non-hydrogen) atoms. The quantitative estimate of drug-likeness (QED) is 0.548. The van der Waals surface area contributed by atoms with Crippen molar-refractivity contribution in [1.29, 1.82) is 0 Å². The summed E-state index contributed by atoms with van der Waals surface area (Å²) in [5, 5.41) is 3.20. The molecule has 2 rings (SSSR count).